The largest absolute Gasteiger partial charge is 0.393 e. The minimum atomic E-state index is -0.233. The van der Waals surface area contributed by atoms with Crippen molar-refractivity contribution in [2.24, 2.45) is 17.3 Å². The predicted octanol–water partition coefficient (Wildman–Crippen LogP) is 5.15. The van der Waals surface area contributed by atoms with Crippen LogP contribution in [0, 0.1) is 17.3 Å². The highest BCUT2D eigenvalue weighted by Gasteiger charge is 2.56. The second-order valence-corrected chi connectivity index (χ2v) is 9.86. The zero-order chi connectivity index (χ0) is 20.3. The van der Waals surface area contributed by atoms with Gasteiger partial charge < -0.3 is 5.11 Å². The molecule has 0 aliphatic heterocycles. The molecule has 4 aliphatic rings. The summed E-state index contributed by atoms with van der Waals surface area (Å²) < 4.78 is 0. The molecule has 5 rings (SSSR count). The van der Waals surface area contributed by atoms with Gasteiger partial charge in [0, 0.05) is 17.9 Å². The molecule has 0 bridgehead atoms. The molecule has 1 aromatic carbocycles. The van der Waals surface area contributed by atoms with Gasteiger partial charge in [0.25, 0.3) is 0 Å². The molecule has 0 radical (unpaired) electrons. The van der Waals surface area contributed by atoms with E-state index in [1.165, 1.54) is 16.7 Å². The Kier molecular flexibility index (Phi) is 4.43. The lowest BCUT2D eigenvalue weighted by atomic mass is 9.53. The van der Waals surface area contributed by atoms with Gasteiger partial charge in [0.05, 0.1) is 6.10 Å². The van der Waals surface area contributed by atoms with Gasteiger partial charge in [0.2, 0.25) is 0 Å². The van der Waals surface area contributed by atoms with E-state index in [-0.39, 0.29) is 29.0 Å². The molecule has 0 amide bonds. The second-order valence-electron chi connectivity index (χ2n) is 9.86. The Labute approximate surface area is 172 Å². The Morgan fingerprint density at radius 2 is 1.83 bits per heavy atom. The van der Waals surface area contributed by atoms with Crippen LogP contribution in [0.5, 0.6) is 0 Å². The summed E-state index contributed by atoms with van der Waals surface area (Å²) in [7, 11) is 0. The standard InChI is InChI=1S/C26H30O3/c1-15(27)16-3-5-17(6-4-16)22-14-26(2)23(11-12-24(26)29)21-9-7-18-13-19(28)8-10-20(18)25(21)22/h3-6,13,21-24,29H,7-12,14H2,1-2H3/t21?,22?,23?,24-,26-/m0/s1. The SMILES string of the molecule is CC(=O)c1ccc(C2C[C@@]3(C)C(CC[C@@H]3O)C3CCC4=CC(=O)CCC4=C23)cc1. The molecule has 0 heterocycles. The molecule has 152 valence electrons. The van der Waals surface area contributed by atoms with Gasteiger partial charge >= 0.3 is 0 Å². The predicted molar refractivity (Wildman–Crippen MR) is 113 cm³/mol. The highest BCUT2D eigenvalue weighted by molar-refractivity contribution is 5.94. The van der Waals surface area contributed by atoms with Crippen LogP contribution in [0.3, 0.4) is 0 Å². The van der Waals surface area contributed by atoms with E-state index >= 15 is 0 Å². The highest BCUT2D eigenvalue weighted by Crippen LogP contribution is 2.63. The average Bonchev–Trinajstić information content (AvgIpc) is 3.01. The molecule has 4 aliphatic carbocycles. The topological polar surface area (TPSA) is 54.4 Å². The molecule has 3 heteroatoms. The maximum atomic E-state index is 12.0. The Hall–Kier alpha value is -2.00. The summed E-state index contributed by atoms with van der Waals surface area (Å²) in [5.41, 5.74) is 6.19. The fourth-order valence-corrected chi connectivity index (χ4v) is 6.88. The number of aliphatic hydroxyl groups excluding tert-OH is 1. The molecule has 1 N–H and O–H groups in total. The van der Waals surface area contributed by atoms with E-state index in [1.807, 2.05) is 18.2 Å². The fraction of sp³-hybridized carbons (Fsp3) is 0.538. The number of carbonyl (C=O) groups excluding carboxylic acids is 2. The summed E-state index contributed by atoms with van der Waals surface area (Å²) in [5.74, 6) is 1.66. The lowest BCUT2D eigenvalue weighted by molar-refractivity contribution is -0.114. The average molecular weight is 391 g/mol. The van der Waals surface area contributed by atoms with Crippen molar-refractivity contribution in [3.05, 3.63) is 58.2 Å². The summed E-state index contributed by atoms with van der Waals surface area (Å²) in [4.78, 5) is 23.8. The Bertz CT molecular complexity index is 935. The van der Waals surface area contributed by atoms with Crippen LogP contribution in [0.15, 0.2) is 47.1 Å². The van der Waals surface area contributed by atoms with E-state index < -0.39 is 0 Å². The smallest absolute Gasteiger partial charge is 0.159 e. The Morgan fingerprint density at radius 3 is 2.55 bits per heavy atom. The molecule has 3 nitrogen and oxygen atoms in total. The number of aliphatic hydroxyl groups is 1. The number of Topliss-reactive ketones (excluding diaryl/α,β-unsaturated/α-hetero) is 1. The normalized spacial score (nSPS) is 36.2. The first-order valence-electron chi connectivity index (χ1n) is 11.1. The monoisotopic (exact) mass is 390 g/mol. The van der Waals surface area contributed by atoms with Gasteiger partial charge in [-0.2, -0.15) is 0 Å². The van der Waals surface area contributed by atoms with Gasteiger partial charge in [-0.1, -0.05) is 36.8 Å². The third-order valence-electron chi connectivity index (χ3n) is 8.40. The molecule has 0 saturated heterocycles. The molecule has 1 aromatic rings. The maximum absolute atomic E-state index is 12.0. The van der Waals surface area contributed by atoms with Gasteiger partial charge in [-0.25, -0.2) is 0 Å². The van der Waals surface area contributed by atoms with Crippen molar-refractivity contribution in [2.75, 3.05) is 0 Å². The van der Waals surface area contributed by atoms with Crippen LogP contribution in [0.4, 0.5) is 0 Å². The van der Waals surface area contributed by atoms with Gasteiger partial charge in [-0.15, -0.1) is 0 Å². The van der Waals surface area contributed by atoms with E-state index in [4.69, 9.17) is 0 Å². The Balaban J connectivity index is 1.65. The number of hydrogen-bond donors (Lipinski definition) is 1. The first-order chi connectivity index (χ1) is 13.9. The van der Waals surface area contributed by atoms with Crippen molar-refractivity contribution in [1.82, 2.24) is 0 Å². The number of fused-ring (bicyclic) bond motifs is 4. The lowest BCUT2D eigenvalue weighted by Crippen LogP contribution is -2.45. The number of hydrogen-bond acceptors (Lipinski definition) is 3. The third-order valence-corrected chi connectivity index (χ3v) is 8.40. The summed E-state index contributed by atoms with van der Waals surface area (Å²) in [6.45, 7) is 3.90. The first kappa shape index (κ1) is 19.0. The van der Waals surface area contributed by atoms with Gasteiger partial charge in [-0.05, 0) is 85.5 Å². The van der Waals surface area contributed by atoms with Crippen molar-refractivity contribution in [2.45, 2.75) is 70.8 Å². The number of carbonyl (C=O) groups is 2. The van der Waals surface area contributed by atoms with E-state index in [0.717, 1.165) is 44.1 Å². The number of rotatable bonds is 2. The van der Waals surface area contributed by atoms with E-state index in [1.54, 1.807) is 12.5 Å². The van der Waals surface area contributed by atoms with Gasteiger partial charge in [0.1, 0.15) is 0 Å². The minimum Gasteiger partial charge on any atom is -0.393 e. The molecular weight excluding hydrogens is 360 g/mol. The van der Waals surface area contributed by atoms with E-state index in [0.29, 0.717) is 18.3 Å². The van der Waals surface area contributed by atoms with E-state index in [2.05, 4.69) is 19.1 Å². The summed E-state index contributed by atoms with van der Waals surface area (Å²) >= 11 is 0. The number of ketones is 2. The van der Waals surface area contributed by atoms with Crippen LogP contribution in [-0.4, -0.2) is 22.8 Å². The van der Waals surface area contributed by atoms with Crippen LogP contribution >= 0.6 is 0 Å². The molecule has 29 heavy (non-hydrogen) atoms. The molecule has 2 fully saturated rings. The highest BCUT2D eigenvalue weighted by atomic mass is 16.3. The van der Waals surface area contributed by atoms with Crippen LogP contribution < -0.4 is 0 Å². The second kappa shape index (κ2) is 6.77. The van der Waals surface area contributed by atoms with Gasteiger partial charge in [0.15, 0.2) is 11.6 Å². The van der Waals surface area contributed by atoms with E-state index in [9.17, 15) is 14.7 Å². The summed E-state index contributed by atoms with van der Waals surface area (Å²) in [6.07, 6.45) is 8.19. The Morgan fingerprint density at radius 1 is 1.07 bits per heavy atom. The number of benzene rings is 1. The van der Waals surface area contributed by atoms with Crippen molar-refractivity contribution >= 4 is 11.6 Å². The molecule has 3 unspecified atom stereocenters. The van der Waals surface area contributed by atoms with Crippen LogP contribution in [0.2, 0.25) is 0 Å². The zero-order valence-electron chi connectivity index (χ0n) is 17.4. The van der Waals surface area contributed by atoms with Crippen LogP contribution in [0.1, 0.15) is 80.6 Å². The van der Waals surface area contributed by atoms with Crippen molar-refractivity contribution < 1.29 is 14.7 Å². The van der Waals surface area contributed by atoms with Crippen molar-refractivity contribution in [1.29, 1.82) is 0 Å². The van der Waals surface area contributed by atoms with Crippen molar-refractivity contribution in [3.63, 3.8) is 0 Å². The summed E-state index contributed by atoms with van der Waals surface area (Å²) in [5, 5.41) is 10.9. The quantitative estimate of drug-likeness (QED) is 0.711. The first-order valence-corrected chi connectivity index (χ1v) is 11.1. The molecular formula is C26H30O3. The molecule has 2 saturated carbocycles. The third kappa shape index (κ3) is 2.89. The molecule has 0 aromatic heterocycles. The van der Waals surface area contributed by atoms with Crippen LogP contribution in [-0.2, 0) is 4.79 Å². The fourth-order valence-electron chi connectivity index (χ4n) is 6.88. The molecule has 0 spiro atoms. The lowest BCUT2D eigenvalue weighted by Gasteiger charge is -2.52. The molecule has 5 atom stereocenters. The zero-order valence-corrected chi connectivity index (χ0v) is 17.4. The van der Waals surface area contributed by atoms with Gasteiger partial charge in [-0.3, -0.25) is 9.59 Å². The van der Waals surface area contributed by atoms with Crippen molar-refractivity contribution in [3.8, 4) is 0 Å². The number of allylic oxidation sites excluding steroid dienone is 4. The minimum absolute atomic E-state index is 0.0512. The van der Waals surface area contributed by atoms with Crippen LogP contribution in [0.25, 0.3) is 0 Å². The maximum Gasteiger partial charge on any atom is 0.159 e. The summed E-state index contributed by atoms with van der Waals surface area (Å²) in [6, 6.07) is 8.12.